The fourth-order valence-electron chi connectivity index (χ4n) is 2.47. The highest BCUT2D eigenvalue weighted by Crippen LogP contribution is 2.17. The average molecular weight is 291 g/mol. The Morgan fingerprint density at radius 3 is 2.52 bits per heavy atom. The maximum Gasteiger partial charge on any atom is 0.225 e. The number of nitrogens with zero attached hydrogens (tertiary/aromatic N) is 4. The molecule has 0 aliphatic carbocycles. The van der Waals surface area contributed by atoms with E-state index in [0.717, 1.165) is 44.2 Å². The van der Waals surface area contributed by atoms with E-state index in [1.807, 2.05) is 38.7 Å². The average Bonchev–Trinajstić information content (AvgIpc) is 2.46. The molecule has 1 fully saturated rings. The number of anilines is 2. The molecule has 1 aromatic heterocycles. The maximum absolute atomic E-state index is 12.0. The largest absolute Gasteiger partial charge is 0.354 e. The van der Waals surface area contributed by atoms with Gasteiger partial charge in [-0.25, -0.2) is 4.98 Å². The summed E-state index contributed by atoms with van der Waals surface area (Å²) in [5.74, 6) is 1.92. The van der Waals surface area contributed by atoms with E-state index < -0.39 is 0 Å². The second-order valence-electron chi connectivity index (χ2n) is 5.69. The van der Waals surface area contributed by atoms with Crippen molar-refractivity contribution < 1.29 is 4.79 Å². The standard InChI is InChI=1S/C15H25N5O/c1-5-16-15-17-12(4)10-13(18-15)19-6-8-20(9-7-19)14(21)11(2)3/h10-11H,5-9H2,1-4H3,(H,16,17,18). The van der Waals surface area contributed by atoms with E-state index in [0.29, 0.717) is 5.95 Å². The Morgan fingerprint density at radius 1 is 1.29 bits per heavy atom. The molecule has 1 aliphatic heterocycles. The maximum atomic E-state index is 12.0. The fraction of sp³-hybridized carbons (Fsp3) is 0.667. The van der Waals surface area contributed by atoms with Crippen LogP contribution in [-0.2, 0) is 4.79 Å². The normalized spacial score (nSPS) is 15.5. The molecular formula is C15H25N5O. The Labute approximate surface area is 126 Å². The summed E-state index contributed by atoms with van der Waals surface area (Å²) in [6.45, 7) is 11.9. The molecule has 6 nitrogen and oxygen atoms in total. The van der Waals surface area contributed by atoms with Gasteiger partial charge in [-0.1, -0.05) is 13.8 Å². The molecular weight excluding hydrogens is 266 g/mol. The van der Waals surface area contributed by atoms with E-state index in [2.05, 4.69) is 20.2 Å². The third-order valence-electron chi connectivity index (χ3n) is 3.58. The molecule has 2 rings (SSSR count). The third kappa shape index (κ3) is 3.83. The summed E-state index contributed by atoms with van der Waals surface area (Å²) in [6, 6.07) is 2.00. The van der Waals surface area contributed by atoms with Gasteiger partial charge < -0.3 is 15.1 Å². The highest BCUT2D eigenvalue weighted by molar-refractivity contribution is 5.78. The molecule has 0 unspecified atom stereocenters. The zero-order chi connectivity index (χ0) is 15.4. The molecule has 1 aliphatic rings. The number of carbonyl (C=O) groups excluding carboxylic acids is 1. The highest BCUT2D eigenvalue weighted by Gasteiger charge is 2.23. The minimum atomic E-state index is 0.0678. The van der Waals surface area contributed by atoms with Gasteiger partial charge in [0.25, 0.3) is 0 Å². The van der Waals surface area contributed by atoms with Gasteiger partial charge in [0.15, 0.2) is 0 Å². The molecule has 1 N–H and O–H groups in total. The van der Waals surface area contributed by atoms with Crippen LogP contribution in [0.15, 0.2) is 6.07 Å². The molecule has 0 spiro atoms. The lowest BCUT2D eigenvalue weighted by Gasteiger charge is -2.36. The van der Waals surface area contributed by atoms with Crippen LogP contribution in [0.1, 0.15) is 26.5 Å². The molecule has 21 heavy (non-hydrogen) atoms. The molecule has 116 valence electrons. The van der Waals surface area contributed by atoms with E-state index in [4.69, 9.17) is 0 Å². The fourth-order valence-corrected chi connectivity index (χ4v) is 2.47. The Hall–Kier alpha value is -1.85. The van der Waals surface area contributed by atoms with Gasteiger partial charge in [-0.2, -0.15) is 4.98 Å². The lowest BCUT2D eigenvalue weighted by molar-refractivity contribution is -0.134. The van der Waals surface area contributed by atoms with Crippen molar-refractivity contribution in [2.45, 2.75) is 27.7 Å². The van der Waals surface area contributed by atoms with Crippen molar-refractivity contribution in [2.75, 3.05) is 42.9 Å². The molecule has 0 aromatic carbocycles. The molecule has 0 radical (unpaired) electrons. The Bertz CT molecular complexity index is 495. The summed E-state index contributed by atoms with van der Waals surface area (Å²) >= 11 is 0. The zero-order valence-electron chi connectivity index (χ0n) is 13.4. The molecule has 0 saturated carbocycles. The quantitative estimate of drug-likeness (QED) is 0.911. The second kappa shape index (κ2) is 6.74. The number of amides is 1. The van der Waals surface area contributed by atoms with Crippen LogP contribution < -0.4 is 10.2 Å². The molecule has 2 heterocycles. The van der Waals surface area contributed by atoms with Crippen LogP contribution >= 0.6 is 0 Å². The number of piperazine rings is 1. The van der Waals surface area contributed by atoms with E-state index in [1.54, 1.807) is 0 Å². The van der Waals surface area contributed by atoms with Crippen molar-refractivity contribution in [1.29, 1.82) is 0 Å². The first-order valence-electron chi connectivity index (χ1n) is 7.64. The van der Waals surface area contributed by atoms with Gasteiger partial charge in [-0.05, 0) is 13.8 Å². The molecule has 6 heteroatoms. The van der Waals surface area contributed by atoms with Gasteiger partial charge >= 0.3 is 0 Å². The smallest absolute Gasteiger partial charge is 0.225 e. The van der Waals surface area contributed by atoms with Crippen LogP contribution in [0, 0.1) is 12.8 Å². The molecule has 1 saturated heterocycles. The number of hydrogen-bond acceptors (Lipinski definition) is 5. The number of rotatable bonds is 4. The van der Waals surface area contributed by atoms with Gasteiger partial charge in [-0.3, -0.25) is 4.79 Å². The lowest BCUT2D eigenvalue weighted by atomic mass is 10.1. The third-order valence-corrected chi connectivity index (χ3v) is 3.58. The molecule has 0 atom stereocenters. The van der Waals surface area contributed by atoms with Crippen molar-refractivity contribution in [1.82, 2.24) is 14.9 Å². The lowest BCUT2D eigenvalue weighted by Crippen LogP contribution is -2.50. The molecule has 1 amide bonds. The summed E-state index contributed by atoms with van der Waals surface area (Å²) in [5.41, 5.74) is 0.955. The second-order valence-corrected chi connectivity index (χ2v) is 5.69. The first kappa shape index (κ1) is 15.5. The number of hydrogen-bond donors (Lipinski definition) is 1. The van der Waals surface area contributed by atoms with Gasteiger partial charge in [0.1, 0.15) is 5.82 Å². The minimum Gasteiger partial charge on any atom is -0.354 e. The number of nitrogens with one attached hydrogen (secondary N) is 1. The van der Waals surface area contributed by atoms with Crippen LogP contribution in [0.3, 0.4) is 0 Å². The molecule has 0 bridgehead atoms. The van der Waals surface area contributed by atoms with Gasteiger partial charge in [0, 0.05) is 50.4 Å². The molecule has 1 aromatic rings. The van der Waals surface area contributed by atoms with Gasteiger partial charge in [0.05, 0.1) is 0 Å². The van der Waals surface area contributed by atoms with Crippen molar-refractivity contribution in [2.24, 2.45) is 5.92 Å². The summed E-state index contributed by atoms with van der Waals surface area (Å²) in [7, 11) is 0. The van der Waals surface area contributed by atoms with Crippen LogP contribution in [0.25, 0.3) is 0 Å². The van der Waals surface area contributed by atoms with Gasteiger partial charge in [0.2, 0.25) is 11.9 Å². The number of carbonyl (C=O) groups is 1. The number of aromatic nitrogens is 2. The predicted molar refractivity (Wildman–Crippen MR) is 84.6 cm³/mol. The van der Waals surface area contributed by atoms with E-state index >= 15 is 0 Å². The topological polar surface area (TPSA) is 61.4 Å². The van der Waals surface area contributed by atoms with Crippen molar-refractivity contribution in [3.8, 4) is 0 Å². The van der Waals surface area contributed by atoms with E-state index in [9.17, 15) is 4.79 Å². The summed E-state index contributed by atoms with van der Waals surface area (Å²) in [4.78, 5) is 25.1. The summed E-state index contributed by atoms with van der Waals surface area (Å²) in [5, 5.41) is 3.16. The highest BCUT2D eigenvalue weighted by atomic mass is 16.2. The first-order valence-corrected chi connectivity index (χ1v) is 7.64. The Kier molecular flexibility index (Phi) is 4.98. The van der Waals surface area contributed by atoms with Crippen LogP contribution in [0.5, 0.6) is 0 Å². The van der Waals surface area contributed by atoms with Crippen molar-refractivity contribution in [3.63, 3.8) is 0 Å². The van der Waals surface area contributed by atoms with Crippen LogP contribution in [0.4, 0.5) is 11.8 Å². The number of aryl methyl sites for hydroxylation is 1. The SMILES string of the molecule is CCNc1nc(C)cc(N2CCN(C(=O)C(C)C)CC2)n1. The van der Waals surface area contributed by atoms with Crippen molar-refractivity contribution >= 4 is 17.7 Å². The van der Waals surface area contributed by atoms with Crippen LogP contribution in [-0.4, -0.2) is 53.5 Å². The predicted octanol–water partition coefficient (Wildman–Crippen LogP) is 1.52. The Morgan fingerprint density at radius 2 is 1.95 bits per heavy atom. The van der Waals surface area contributed by atoms with Gasteiger partial charge in [-0.15, -0.1) is 0 Å². The zero-order valence-corrected chi connectivity index (χ0v) is 13.4. The monoisotopic (exact) mass is 291 g/mol. The van der Waals surface area contributed by atoms with E-state index in [1.165, 1.54) is 0 Å². The summed E-state index contributed by atoms with van der Waals surface area (Å²) < 4.78 is 0. The van der Waals surface area contributed by atoms with Crippen molar-refractivity contribution in [3.05, 3.63) is 11.8 Å². The first-order chi connectivity index (χ1) is 10.0. The van der Waals surface area contributed by atoms with E-state index in [-0.39, 0.29) is 11.8 Å². The minimum absolute atomic E-state index is 0.0678. The summed E-state index contributed by atoms with van der Waals surface area (Å²) in [6.07, 6.45) is 0. The Balaban J connectivity index is 2.03. The van der Waals surface area contributed by atoms with Crippen LogP contribution in [0.2, 0.25) is 0 Å².